The molecule has 41 heavy (non-hydrogen) atoms. The van der Waals surface area contributed by atoms with E-state index in [-0.39, 0.29) is 10.6 Å². The van der Waals surface area contributed by atoms with Crippen LogP contribution in [-0.4, -0.2) is 41.7 Å². The summed E-state index contributed by atoms with van der Waals surface area (Å²) >= 11 is 0. The van der Waals surface area contributed by atoms with Gasteiger partial charge in [0.05, 0.1) is 31.4 Å². The van der Waals surface area contributed by atoms with Crippen molar-refractivity contribution in [1.82, 2.24) is 0 Å². The van der Waals surface area contributed by atoms with Gasteiger partial charge >= 0.3 is 0 Å². The first kappa shape index (κ1) is 29.3. The van der Waals surface area contributed by atoms with Crippen molar-refractivity contribution in [2.75, 3.05) is 37.0 Å². The Hall–Kier alpha value is -4.70. The molecule has 0 aliphatic rings. The number of amides is 1. The Morgan fingerprint density at radius 2 is 1.41 bits per heavy atom. The average molecular weight is 577 g/mol. The SMILES string of the molecule is CCOc1ccc(N(CC(=O)Nc2ccc(OCc3ccccc3)cc2)S(=O)(=O)c2ccc(OC)c(OC)c2)cc1. The summed E-state index contributed by atoms with van der Waals surface area (Å²) in [5.74, 6) is 1.32. The summed E-state index contributed by atoms with van der Waals surface area (Å²) in [4.78, 5) is 13.1. The van der Waals surface area contributed by atoms with Crippen molar-refractivity contribution in [3.8, 4) is 23.0 Å². The molecule has 0 spiro atoms. The number of hydrogen-bond donors (Lipinski definition) is 1. The highest BCUT2D eigenvalue weighted by Gasteiger charge is 2.28. The van der Waals surface area contributed by atoms with Crippen LogP contribution >= 0.6 is 0 Å². The van der Waals surface area contributed by atoms with Gasteiger partial charge in [-0.25, -0.2) is 8.42 Å². The van der Waals surface area contributed by atoms with Crippen LogP contribution in [0.1, 0.15) is 12.5 Å². The first-order valence-electron chi connectivity index (χ1n) is 12.9. The third-order valence-corrected chi connectivity index (χ3v) is 7.82. The van der Waals surface area contributed by atoms with Crippen LogP contribution in [0, 0.1) is 0 Å². The molecule has 4 aromatic carbocycles. The van der Waals surface area contributed by atoms with Gasteiger partial charge in [-0.15, -0.1) is 0 Å². The molecule has 0 heterocycles. The van der Waals surface area contributed by atoms with E-state index in [1.54, 1.807) is 48.5 Å². The molecule has 0 saturated heterocycles. The Morgan fingerprint density at radius 1 is 0.780 bits per heavy atom. The number of nitrogens with zero attached hydrogens (tertiary/aromatic N) is 1. The highest BCUT2D eigenvalue weighted by Crippen LogP contribution is 2.32. The van der Waals surface area contributed by atoms with E-state index in [1.165, 1.54) is 32.4 Å². The second kappa shape index (κ2) is 13.6. The smallest absolute Gasteiger partial charge is 0.264 e. The number of nitrogens with one attached hydrogen (secondary N) is 1. The van der Waals surface area contributed by atoms with E-state index >= 15 is 0 Å². The van der Waals surface area contributed by atoms with Crippen LogP contribution in [0.25, 0.3) is 0 Å². The maximum absolute atomic E-state index is 13.8. The Labute approximate surface area is 240 Å². The van der Waals surface area contributed by atoms with Gasteiger partial charge in [0.25, 0.3) is 10.0 Å². The Bertz CT molecular complexity index is 1540. The maximum atomic E-state index is 13.8. The highest BCUT2D eigenvalue weighted by atomic mass is 32.2. The number of hydrogen-bond acceptors (Lipinski definition) is 7. The number of carbonyl (C=O) groups is 1. The fourth-order valence-electron chi connectivity index (χ4n) is 4.00. The lowest BCUT2D eigenvalue weighted by atomic mass is 10.2. The van der Waals surface area contributed by atoms with Crippen LogP contribution < -0.4 is 28.6 Å². The molecule has 0 aromatic heterocycles. The molecule has 4 aromatic rings. The molecule has 0 saturated carbocycles. The average Bonchev–Trinajstić information content (AvgIpc) is 3.00. The minimum atomic E-state index is -4.19. The number of carbonyl (C=O) groups excluding carboxylic acids is 1. The van der Waals surface area contributed by atoms with Crippen LogP contribution in [0.5, 0.6) is 23.0 Å². The van der Waals surface area contributed by atoms with Crippen molar-refractivity contribution in [2.24, 2.45) is 0 Å². The van der Waals surface area contributed by atoms with Gasteiger partial charge in [0.2, 0.25) is 5.91 Å². The predicted octanol–water partition coefficient (Wildman–Crippen LogP) is 5.52. The minimum absolute atomic E-state index is 0.0586. The summed E-state index contributed by atoms with van der Waals surface area (Å²) in [7, 11) is -1.31. The van der Waals surface area contributed by atoms with Crippen molar-refractivity contribution < 1.29 is 32.2 Å². The third kappa shape index (κ3) is 7.49. The highest BCUT2D eigenvalue weighted by molar-refractivity contribution is 7.92. The number of benzene rings is 4. The quantitative estimate of drug-likeness (QED) is 0.224. The molecular formula is C31H32N2O7S. The maximum Gasteiger partial charge on any atom is 0.264 e. The van der Waals surface area contributed by atoms with Gasteiger partial charge in [-0.2, -0.15) is 0 Å². The zero-order valence-electron chi connectivity index (χ0n) is 23.1. The van der Waals surface area contributed by atoms with Gasteiger partial charge in [0.15, 0.2) is 11.5 Å². The number of methoxy groups -OCH3 is 2. The van der Waals surface area contributed by atoms with E-state index in [2.05, 4.69) is 5.32 Å². The Kier molecular flexibility index (Phi) is 9.70. The van der Waals surface area contributed by atoms with Crippen LogP contribution in [-0.2, 0) is 21.4 Å². The van der Waals surface area contributed by atoms with E-state index in [0.29, 0.717) is 41.8 Å². The van der Waals surface area contributed by atoms with E-state index in [9.17, 15) is 13.2 Å². The summed E-state index contributed by atoms with van der Waals surface area (Å²) in [6.45, 7) is 2.26. The molecule has 0 unspecified atom stereocenters. The van der Waals surface area contributed by atoms with Gasteiger partial charge in [-0.3, -0.25) is 9.10 Å². The summed E-state index contributed by atoms with van der Waals surface area (Å²) in [5, 5.41) is 2.77. The Balaban J connectivity index is 1.53. The fraction of sp³-hybridized carbons (Fsp3) is 0.194. The normalized spacial score (nSPS) is 10.9. The third-order valence-electron chi connectivity index (χ3n) is 6.05. The lowest BCUT2D eigenvalue weighted by Gasteiger charge is -2.25. The molecule has 0 aliphatic heterocycles. The van der Waals surface area contributed by atoms with Crippen molar-refractivity contribution in [1.29, 1.82) is 0 Å². The number of ether oxygens (including phenoxy) is 4. The minimum Gasteiger partial charge on any atom is -0.494 e. The summed E-state index contributed by atoms with van der Waals surface area (Å²) in [5.41, 5.74) is 1.83. The van der Waals surface area contributed by atoms with Crippen LogP contribution in [0.15, 0.2) is 102 Å². The molecule has 214 valence electrons. The van der Waals surface area contributed by atoms with E-state index in [1.807, 2.05) is 37.3 Å². The molecule has 9 nitrogen and oxygen atoms in total. The Morgan fingerprint density at radius 3 is 2.05 bits per heavy atom. The summed E-state index contributed by atoms with van der Waals surface area (Å²) in [6.07, 6.45) is 0. The van der Waals surface area contributed by atoms with Crippen molar-refractivity contribution in [3.63, 3.8) is 0 Å². The molecular weight excluding hydrogens is 544 g/mol. The largest absolute Gasteiger partial charge is 0.494 e. The van der Waals surface area contributed by atoms with E-state index in [0.717, 1.165) is 9.87 Å². The summed E-state index contributed by atoms with van der Waals surface area (Å²) in [6, 6.07) is 27.4. The molecule has 10 heteroatoms. The van der Waals surface area contributed by atoms with Gasteiger partial charge in [0.1, 0.15) is 24.7 Å². The van der Waals surface area contributed by atoms with Gasteiger partial charge in [0, 0.05) is 11.8 Å². The molecule has 0 fully saturated rings. The summed E-state index contributed by atoms with van der Waals surface area (Å²) < 4.78 is 50.5. The van der Waals surface area contributed by atoms with Crippen LogP contribution in [0.3, 0.4) is 0 Å². The predicted molar refractivity (Wildman–Crippen MR) is 158 cm³/mol. The first-order valence-corrected chi connectivity index (χ1v) is 14.3. The van der Waals surface area contributed by atoms with Crippen molar-refractivity contribution in [3.05, 3.63) is 103 Å². The molecule has 0 aliphatic carbocycles. The molecule has 1 N–H and O–H groups in total. The first-order chi connectivity index (χ1) is 19.8. The fourth-order valence-corrected chi connectivity index (χ4v) is 5.44. The number of anilines is 2. The molecule has 0 bridgehead atoms. The second-order valence-corrected chi connectivity index (χ2v) is 10.7. The topological polar surface area (TPSA) is 103 Å². The van der Waals surface area contributed by atoms with E-state index in [4.69, 9.17) is 18.9 Å². The van der Waals surface area contributed by atoms with E-state index < -0.39 is 22.5 Å². The lowest BCUT2D eigenvalue weighted by Crippen LogP contribution is -2.38. The zero-order valence-corrected chi connectivity index (χ0v) is 23.9. The molecule has 4 rings (SSSR count). The lowest BCUT2D eigenvalue weighted by molar-refractivity contribution is -0.114. The van der Waals surface area contributed by atoms with Gasteiger partial charge in [-0.05, 0) is 73.2 Å². The number of sulfonamides is 1. The standard InChI is InChI=1S/C31H32N2O7S/c1-4-39-26-16-12-25(13-17-26)33(41(35,36)28-18-19-29(37-2)30(20-28)38-3)21-31(34)32-24-10-14-27(15-11-24)40-22-23-8-6-5-7-9-23/h5-20H,4,21-22H2,1-3H3,(H,32,34). The molecule has 0 radical (unpaired) electrons. The van der Waals surface area contributed by atoms with Crippen LogP contribution in [0.2, 0.25) is 0 Å². The second-order valence-electron chi connectivity index (χ2n) is 8.80. The zero-order chi connectivity index (χ0) is 29.2. The molecule has 1 amide bonds. The van der Waals surface area contributed by atoms with Gasteiger partial charge < -0.3 is 24.3 Å². The monoisotopic (exact) mass is 576 g/mol. The molecule has 0 atom stereocenters. The van der Waals surface area contributed by atoms with Gasteiger partial charge in [-0.1, -0.05) is 30.3 Å². The van der Waals surface area contributed by atoms with Crippen molar-refractivity contribution >= 4 is 27.3 Å². The van der Waals surface area contributed by atoms with Crippen LogP contribution in [0.4, 0.5) is 11.4 Å². The van der Waals surface area contributed by atoms with Crippen molar-refractivity contribution in [2.45, 2.75) is 18.4 Å². The number of rotatable bonds is 13.